The maximum Gasteiger partial charge on any atom is 0.407 e. The number of hydrogen-bond acceptors (Lipinski definition) is 7. The monoisotopic (exact) mass is 404 g/mol. The normalized spacial score (nSPS) is 11.7. The summed E-state index contributed by atoms with van der Waals surface area (Å²) in [6.07, 6.45) is 1.34. The number of ether oxygens (including phenoxy) is 1. The van der Waals surface area contributed by atoms with Crippen molar-refractivity contribution in [3.05, 3.63) is 29.0 Å². The van der Waals surface area contributed by atoms with Crippen molar-refractivity contribution in [3.8, 4) is 0 Å². The summed E-state index contributed by atoms with van der Waals surface area (Å²) in [5, 5.41) is 21.8. The highest BCUT2D eigenvalue weighted by Gasteiger charge is 2.15. The Labute approximate surface area is 172 Å². The maximum atomic E-state index is 12.0. The van der Waals surface area contributed by atoms with Gasteiger partial charge in [0, 0.05) is 19.2 Å². The summed E-state index contributed by atoms with van der Waals surface area (Å²) in [6.45, 7) is 10.4. The van der Waals surface area contributed by atoms with Crippen molar-refractivity contribution < 1.29 is 14.4 Å². The number of aryl methyl sites for hydroxylation is 1. The summed E-state index contributed by atoms with van der Waals surface area (Å²) in [7, 11) is 2.04. The summed E-state index contributed by atoms with van der Waals surface area (Å²) in [5.41, 5.74) is 1.61. The van der Waals surface area contributed by atoms with E-state index in [0.29, 0.717) is 34.9 Å². The molecule has 0 bridgehead atoms. The molecule has 0 saturated carbocycles. The van der Waals surface area contributed by atoms with Crippen LogP contribution in [0.15, 0.2) is 18.2 Å². The van der Waals surface area contributed by atoms with E-state index in [-0.39, 0.29) is 6.09 Å². The summed E-state index contributed by atoms with van der Waals surface area (Å²) in [6, 6.07) is 5.52. The lowest BCUT2D eigenvalue weighted by Gasteiger charge is -2.20. The highest BCUT2D eigenvalue weighted by molar-refractivity contribution is 5.72. The predicted octanol–water partition coefficient (Wildman–Crippen LogP) is 2.22. The molecular weight excluding hydrogens is 372 g/mol. The first kappa shape index (κ1) is 22.6. The average molecular weight is 405 g/mol. The van der Waals surface area contributed by atoms with Crippen molar-refractivity contribution in [1.82, 2.24) is 20.3 Å². The SMILES string of the molecule is Cc1ccc2nc(NCCCN(C)CCCNC(=O)OC(C)(C)C)n[n+]([O-])c2c1. The quantitative estimate of drug-likeness (QED) is 0.375. The van der Waals surface area contributed by atoms with Crippen molar-refractivity contribution in [1.29, 1.82) is 0 Å². The molecule has 1 aromatic carbocycles. The first-order chi connectivity index (χ1) is 13.6. The number of aromatic nitrogens is 3. The third-order valence-electron chi connectivity index (χ3n) is 4.13. The predicted molar refractivity (Wildman–Crippen MR) is 113 cm³/mol. The number of benzene rings is 1. The van der Waals surface area contributed by atoms with Crippen LogP contribution in [-0.4, -0.2) is 59.9 Å². The third kappa shape index (κ3) is 8.06. The van der Waals surface area contributed by atoms with Crippen LogP contribution in [0.5, 0.6) is 0 Å². The number of carbonyl (C=O) groups is 1. The van der Waals surface area contributed by atoms with E-state index in [1.807, 2.05) is 46.9 Å². The molecule has 0 fully saturated rings. The van der Waals surface area contributed by atoms with Gasteiger partial charge in [-0.15, -0.1) is 0 Å². The second-order valence-electron chi connectivity index (χ2n) is 8.17. The summed E-state index contributed by atoms with van der Waals surface area (Å²) < 4.78 is 5.20. The van der Waals surface area contributed by atoms with E-state index in [9.17, 15) is 10.0 Å². The van der Waals surface area contributed by atoms with Gasteiger partial charge in [0.2, 0.25) is 0 Å². The van der Waals surface area contributed by atoms with Gasteiger partial charge in [-0.3, -0.25) is 0 Å². The number of carbonyl (C=O) groups excluding carboxylic acids is 1. The summed E-state index contributed by atoms with van der Waals surface area (Å²) >= 11 is 0. The van der Waals surface area contributed by atoms with E-state index >= 15 is 0 Å². The molecule has 0 saturated heterocycles. The van der Waals surface area contributed by atoms with Crippen LogP contribution in [0.25, 0.3) is 11.0 Å². The van der Waals surface area contributed by atoms with E-state index in [2.05, 4.69) is 25.6 Å². The fourth-order valence-electron chi connectivity index (χ4n) is 2.75. The molecule has 0 aliphatic heterocycles. The number of amides is 1. The van der Waals surface area contributed by atoms with Crippen molar-refractivity contribution in [3.63, 3.8) is 0 Å². The topological polar surface area (TPSA) is 106 Å². The molecule has 2 rings (SSSR count). The first-order valence-corrected chi connectivity index (χ1v) is 9.91. The number of nitrogens with zero attached hydrogens (tertiary/aromatic N) is 4. The number of anilines is 1. The largest absolute Gasteiger partial charge is 0.594 e. The van der Waals surface area contributed by atoms with Crippen LogP contribution in [-0.2, 0) is 4.74 Å². The lowest BCUT2D eigenvalue weighted by molar-refractivity contribution is -0.641. The van der Waals surface area contributed by atoms with Crippen LogP contribution >= 0.6 is 0 Å². The molecular formula is C20H32N6O3. The van der Waals surface area contributed by atoms with Crippen LogP contribution < -0.4 is 15.5 Å². The maximum absolute atomic E-state index is 12.0. The zero-order chi connectivity index (χ0) is 21.4. The Hall–Kier alpha value is -2.68. The second-order valence-corrected chi connectivity index (χ2v) is 8.17. The Morgan fingerprint density at radius 3 is 2.62 bits per heavy atom. The average Bonchev–Trinajstić information content (AvgIpc) is 2.61. The molecule has 0 aliphatic carbocycles. The number of nitrogens with one attached hydrogen (secondary N) is 2. The van der Waals surface area contributed by atoms with E-state index in [1.165, 1.54) is 0 Å². The molecule has 0 atom stereocenters. The highest BCUT2D eigenvalue weighted by atomic mass is 16.6. The van der Waals surface area contributed by atoms with E-state index in [0.717, 1.165) is 31.5 Å². The van der Waals surface area contributed by atoms with Crippen LogP contribution in [0.3, 0.4) is 0 Å². The Morgan fingerprint density at radius 2 is 1.93 bits per heavy atom. The molecule has 2 aromatic rings. The minimum absolute atomic E-state index is 0.334. The minimum atomic E-state index is -0.479. The smallest absolute Gasteiger partial charge is 0.407 e. The third-order valence-corrected chi connectivity index (χ3v) is 4.13. The summed E-state index contributed by atoms with van der Waals surface area (Å²) in [5.74, 6) is 0.334. The highest BCUT2D eigenvalue weighted by Crippen LogP contribution is 2.10. The van der Waals surface area contributed by atoms with Gasteiger partial charge in [0.15, 0.2) is 0 Å². The van der Waals surface area contributed by atoms with Crippen LogP contribution in [0, 0.1) is 12.1 Å². The van der Waals surface area contributed by atoms with Gasteiger partial charge in [-0.1, -0.05) is 6.07 Å². The lowest BCUT2D eigenvalue weighted by atomic mass is 10.2. The van der Waals surface area contributed by atoms with Gasteiger partial charge in [-0.2, -0.15) is 0 Å². The molecule has 0 spiro atoms. The molecule has 29 heavy (non-hydrogen) atoms. The fourth-order valence-corrected chi connectivity index (χ4v) is 2.75. The minimum Gasteiger partial charge on any atom is -0.594 e. The van der Waals surface area contributed by atoms with E-state index < -0.39 is 5.60 Å². The first-order valence-electron chi connectivity index (χ1n) is 9.91. The second kappa shape index (κ2) is 10.2. The van der Waals surface area contributed by atoms with Gasteiger partial charge in [-0.05, 0) is 77.1 Å². The zero-order valence-electron chi connectivity index (χ0n) is 18.0. The Morgan fingerprint density at radius 1 is 1.24 bits per heavy atom. The summed E-state index contributed by atoms with van der Waals surface area (Å²) in [4.78, 5) is 18.8. The van der Waals surface area contributed by atoms with Gasteiger partial charge in [0.25, 0.3) is 11.5 Å². The molecule has 2 N–H and O–H groups in total. The van der Waals surface area contributed by atoms with Crippen LogP contribution in [0.2, 0.25) is 0 Å². The lowest BCUT2D eigenvalue weighted by Crippen LogP contribution is -2.34. The number of hydrogen-bond donors (Lipinski definition) is 2. The van der Waals surface area contributed by atoms with Gasteiger partial charge in [0.1, 0.15) is 11.1 Å². The molecule has 9 nitrogen and oxygen atoms in total. The Bertz CT molecular complexity index is 822. The molecule has 0 radical (unpaired) electrons. The van der Waals surface area contributed by atoms with Gasteiger partial charge >= 0.3 is 6.09 Å². The van der Waals surface area contributed by atoms with Crippen LogP contribution in [0.4, 0.5) is 10.7 Å². The van der Waals surface area contributed by atoms with Crippen molar-refractivity contribution in [2.24, 2.45) is 0 Å². The molecule has 0 aliphatic rings. The molecule has 1 aromatic heterocycles. The van der Waals surface area contributed by atoms with E-state index in [1.54, 1.807) is 6.07 Å². The molecule has 1 amide bonds. The number of fused-ring (bicyclic) bond motifs is 1. The Kier molecular flexibility index (Phi) is 7.95. The molecule has 1 heterocycles. The van der Waals surface area contributed by atoms with Crippen LogP contribution in [0.1, 0.15) is 39.2 Å². The molecule has 0 unspecified atom stereocenters. The van der Waals surface area contributed by atoms with Gasteiger partial charge in [0.05, 0.1) is 5.10 Å². The van der Waals surface area contributed by atoms with Gasteiger partial charge < -0.3 is 25.5 Å². The fraction of sp³-hybridized carbons (Fsp3) is 0.600. The van der Waals surface area contributed by atoms with Gasteiger partial charge in [-0.25, -0.2) is 9.78 Å². The Balaban J connectivity index is 1.64. The number of alkyl carbamates (subject to hydrolysis) is 1. The van der Waals surface area contributed by atoms with Crippen molar-refractivity contribution in [2.75, 3.05) is 38.5 Å². The van der Waals surface area contributed by atoms with Crippen molar-refractivity contribution >= 4 is 23.1 Å². The molecule has 9 heteroatoms. The van der Waals surface area contributed by atoms with E-state index in [4.69, 9.17) is 4.74 Å². The zero-order valence-corrected chi connectivity index (χ0v) is 18.0. The molecule has 160 valence electrons. The standard InChI is InChI=1S/C20H32N6O3/c1-15-8-9-16-17(14-15)26(28)24-18(23-16)21-10-6-12-25(5)13-7-11-22-19(27)29-20(2,3)4/h8-9,14H,6-7,10-13H2,1-5H3,(H,22,27)(H,21,23,24). The van der Waals surface area contributed by atoms with Crippen molar-refractivity contribution in [2.45, 2.75) is 46.1 Å². The number of rotatable bonds is 9.